The van der Waals surface area contributed by atoms with Crippen LogP contribution in [-0.4, -0.2) is 35.8 Å². The lowest BCUT2D eigenvalue weighted by atomic mass is 10.1. The van der Waals surface area contributed by atoms with Crippen molar-refractivity contribution in [2.24, 2.45) is 5.92 Å². The zero-order chi connectivity index (χ0) is 10.8. The second-order valence-electron chi connectivity index (χ2n) is 3.96. The molecule has 0 radical (unpaired) electrons. The van der Waals surface area contributed by atoms with Crippen molar-refractivity contribution in [1.82, 2.24) is 5.32 Å². The van der Waals surface area contributed by atoms with E-state index in [2.05, 4.69) is 26.1 Å². The molecular formula is C11H25NOS. The average Bonchev–Trinajstić information content (AvgIpc) is 2.16. The van der Waals surface area contributed by atoms with E-state index in [1.807, 2.05) is 11.8 Å². The minimum atomic E-state index is 0.321. The Bertz CT molecular complexity index is 120. The van der Waals surface area contributed by atoms with Crippen LogP contribution in [0.4, 0.5) is 0 Å². The molecule has 1 atom stereocenters. The fourth-order valence-corrected chi connectivity index (χ4v) is 2.45. The van der Waals surface area contributed by atoms with Gasteiger partial charge in [-0.2, -0.15) is 11.8 Å². The number of rotatable bonds is 9. The molecule has 0 aromatic rings. The highest BCUT2D eigenvalue weighted by atomic mass is 32.2. The normalized spacial score (nSPS) is 13.5. The molecule has 0 saturated carbocycles. The van der Waals surface area contributed by atoms with Crippen LogP contribution in [0.2, 0.25) is 0 Å². The van der Waals surface area contributed by atoms with E-state index in [4.69, 9.17) is 5.11 Å². The molecule has 0 rings (SSSR count). The number of aliphatic hydroxyl groups is 1. The lowest BCUT2D eigenvalue weighted by Gasteiger charge is -2.21. The predicted molar refractivity (Wildman–Crippen MR) is 65.9 cm³/mol. The van der Waals surface area contributed by atoms with Gasteiger partial charge in [0.1, 0.15) is 0 Å². The van der Waals surface area contributed by atoms with E-state index in [-0.39, 0.29) is 0 Å². The van der Waals surface area contributed by atoms with Gasteiger partial charge in [-0.3, -0.25) is 0 Å². The highest BCUT2D eigenvalue weighted by Gasteiger charge is 2.11. The summed E-state index contributed by atoms with van der Waals surface area (Å²) in [6.07, 6.45) is 2.12. The summed E-state index contributed by atoms with van der Waals surface area (Å²) in [5, 5.41) is 12.2. The van der Waals surface area contributed by atoms with Crippen molar-refractivity contribution in [2.45, 2.75) is 39.7 Å². The van der Waals surface area contributed by atoms with Crippen LogP contribution in [0.5, 0.6) is 0 Å². The summed E-state index contributed by atoms with van der Waals surface area (Å²) >= 11 is 1.94. The summed E-state index contributed by atoms with van der Waals surface area (Å²) in [5.74, 6) is 2.94. The maximum atomic E-state index is 8.65. The molecule has 0 aliphatic heterocycles. The molecular weight excluding hydrogens is 194 g/mol. The monoisotopic (exact) mass is 219 g/mol. The van der Waals surface area contributed by atoms with Gasteiger partial charge >= 0.3 is 0 Å². The summed E-state index contributed by atoms with van der Waals surface area (Å²) in [6, 6.07) is 0.624. The first-order valence-corrected chi connectivity index (χ1v) is 6.79. The Morgan fingerprint density at radius 3 is 2.57 bits per heavy atom. The molecule has 1 unspecified atom stereocenters. The van der Waals surface area contributed by atoms with Gasteiger partial charge in [0.2, 0.25) is 0 Å². The van der Waals surface area contributed by atoms with E-state index in [1.165, 1.54) is 6.42 Å². The minimum Gasteiger partial charge on any atom is -0.396 e. The minimum absolute atomic E-state index is 0.321. The Hall–Kier alpha value is 0.270. The number of thioether (sulfide) groups is 1. The van der Waals surface area contributed by atoms with Crippen LogP contribution in [-0.2, 0) is 0 Å². The number of hydrogen-bond acceptors (Lipinski definition) is 3. The zero-order valence-corrected chi connectivity index (χ0v) is 10.6. The van der Waals surface area contributed by atoms with E-state index in [1.54, 1.807) is 0 Å². The zero-order valence-electron chi connectivity index (χ0n) is 9.75. The number of aliphatic hydroxyl groups excluding tert-OH is 1. The molecule has 0 aliphatic rings. The number of nitrogens with one attached hydrogen (secondary N) is 1. The molecule has 3 heteroatoms. The van der Waals surface area contributed by atoms with E-state index >= 15 is 0 Å². The Kier molecular flexibility index (Phi) is 10.0. The maximum Gasteiger partial charge on any atom is 0.0438 e. The van der Waals surface area contributed by atoms with Crippen molar-refractivity contribution in [3.63, 3.8) is 0 Å². The molecule has 0 bridgehead atoms. The largest absolute Gasteiger partial charge is 0.396 e. The molecule has 0 heterocycles. The van der Waals surface area contributed by atoms with Crippen molar-refractivity contribution < 1.29 is 5.11 Å². The second kappa shape index (κ2) is 9.81. The van der Waals surface area contributed by atoms with Crippen LogP contribution < -0.4 is 5.32 Å². The quantitative estimate of drug-likeness (QED) is 0.583. The third kappa shape index (κ3) is 7.65. The van der Waals surface area contributed by atoms with Crippen LogP contribution in [0.1, 0.15) is 33.6 Å². The average molecular weight is 219 g/mol. The molecule has 2 nitrogen and oxygen atoms in total. The molecule has 0 fully saturated rings. The Labute approximate surface area is 92.9 Å². The van der Waals surface area contributed by atoms with E-state index in [0.29, 0.717) is 18.6 Å². The van der Waals surface area contributed by atoms with Crippen molar-refractivity contribution in [3.8, 4) is 0 Å². The smallest absolute Gasteiger partial charge is 0.0438 e. The van der Waals surface area contributed by atoms with Crippen LogP contribution in [0.15, 0.2) is 0 Å². The van der Waals surface area contributed by atoms with Crippen LogP contribution in [0.25, 0.3) is 0 Å². The highest BCUT2D eigenvalue weighted by Crippen LogP contribution is 2.11. The first-order valence-electron chi connectivity index (χ1n) is 5.64. The Morgan fingerprint density at radius 2 is 2.07 bits per heavy atom. The molecule has 0 aromatic heterocycles. The molecule has 0 amide bonds. The van der Waals surface area contributed by atoms with Gasteiger partial charge in [0.05, 0.1) is 0 Å². The number of hydrogen-bond donors (Lipinski definition) is 2. The van der Waals surface area contributed by atoms with E-state index in [0.717, 1.165) is 24.5 Å². The second-order valence-corrected chi connectivity index (χ2v) is 5.11. The van der Waals surface area contributed by atoms with Gasteiger partial charge in [0.15, 0.2) is 0 Å². The standard InChI is InChI=1S/C11H25NOS/c1-4-6-12-11(10(2)3)9-14-8-5-7-13/h10-13H,4-9H2,1-3H3. The summed E-state index contributed by atoms with van der Waals surface area (Å²) in [5.41, 5.74) is 0. The molecule has 0 saturated heterocycles. The SMILES string of the molecule is CCCNC(CSCCCO)C(C)C. The van der Waals surface area contributed by atoms with Gasteiger partial charge in [-0.05, 0) is 31.1 Å². The molecule has 0 aromatic carbocycles. The fraction of sp³-hybridized carbons (Fsp3) is 1.00. The summed E-state index contributed by atoms with van der Waals surface area (Å²) < 4.78 is 0. The van der Waals surface area contributed by atoms with Gasteiger partial charge in [0, 0.05) is 18.4 Å². The van der Waals surface area contributed by atoms with Gasteiger partial charge in [-0.1, -0.05) is 20.8 Å². The summed E-state index contributed by atoms with van der Waals surface area (Å²) in [7, 11) is 0. The summed E-state index contributed by atoms with van der Waals surface area (Å²) in [6.45, 7) is 8.16. The van der Waals surface area contributed by atoms with Crippen molar-refractivity contribution >= 4 is 11.8 Å². The van der Waals surface area contributed by atoms with Crippen LogP contribution in [0, 0.1) is 5.92 Å². The summed E-state index contributed by atoms with van der Waals surface area (Å²) in [4.78, 5) is 0. The first kappa shape index (κ1) is 14.3. The van der Waals surface area contributed by atoms with Gasteiger partial charge in [-0.25, -0.2) is 0 Å². The third-order valence-electron chi connectivity index (χ3n) is 2.21. The van der Waals surface area contributed by atoms with Crippen LogP contribution in [0.3, 0.4) is 0 Å². The highest BCUT2D eigenvalue weighted by molar-refractivity contribution is 7.99. The lowest BCUT2D eigenvalue weighted by Crippen LogP contribution is -2.36. The van der Waals surface area contributed by atoms with Gasteiger partial charge in [-0.15, -0.1) is 0 Å². The lowest BCUT2D eigenvalue weighted by molar-refractivity contribution is 0.296. The van der Waals surface area contributed by atoms with Crippen molar-refractivity contribution in [3.05, 3.63) is 0 Å². The van der Waals surface area contributed by atoms with Crippen molar-refractivity contribution in [1.29, 1.82) is 0 Å². The Balaban J connectivity index is 3.52. The molecule has 86 valence electrons. The molecule has 2 N–H and O–H groups in total. The van der Waals surface area contributed by atoms with Gasteiger partial charge in [0.25, 0.3) is 0 Å². The third-order valence-corrected chi connectivity index (χ3v) is 3.38. The van der Waals surface area contributed by atoms with Crippen molar-refractivity contribution in [2.75, 3.05) is 24.7 Å². The fourth-order valence-electron chi connectivity index (χ4n) is 1.19. The molecule has 14 heavy (non-hydrogen) atoms. The van der Waals surface area contributed by atoms with E-state index < -0.39 is 0 Å². The first-order chi connectivity index (χ1) is 6.72. The molecule has 0 aliphatic carbocycles. The van der Waals surface area contributed by atoms with E-state index in [9.17, 15) is 0 Å². The maximum absolute atomic E-state index is 8.65. The van der Waals surface area contributed by atoms with Gasteiger partial charge < -0.3 is 10.4 Å². The predicted octanol–water partition coefficient (Wildman–Crippen LogP) is 2.13. The topological polar surface area (TPSA) is 32.3 Å². The molecule has 0 spiro atoms. The Morgan fingerprint density at radius 1 is 1.36 bits per heavy atom. The van der Waals surface area contributed by atoms with Crippen LogP contribution >= 0.6 is 11.8 Å².